The third-order valence-electron chi connectivity index (χ3n) is 7.59. The van der Waals surface area contributed by atoms with Crippen molar-refractivity contribution in [2.45, 2.75) is 39.8 Å². The quantitative estimate of drug-likeness (QED) is 0.250. The van der Waals surface area contributed by atoms with Gasteiger partial charge in [-0.3, -0.25) is 9.78 Å². The van der Waals surface area contributed by atoms with Crippen molar-refractivity contribution in [3.63, 3.8) is 0 Å². The highest BCUT2D eigenvalue weighted by Crippen LogP contribution is 2.41. The van der Waals surface area contributed by atoms with Crippen LogP contribution in [0.5, 0.6) is 0 Å². The maximum absolute atomic E-state index is 13.2. The van der Waals surface area contributed by atoms with Gasteiger partial charge in [-0.25, -0.2) is 0 Å². The van der Waals surface area contributed by atoms with E-state index in [-0.39, 0.29) is 24.5 Å². The van der Waals surface area contributed by atoms with Gasteiger partial charge in [-0.1, -0.05) is 24.3 Å². The van der Waals surface area contributed by atoms with Gasteiger partial charge in [0.15, 0.2) is 5.11 Å². The number of thiocarbonyl (C=S) groups is 1. The van der Waals surface area contributed by atoms with Crippen LogP contribution in [0.25, 0.3) is 5.69 Å². The van der Waals surface area contributed by atoms with Crippen LogP contribution < -0.4 is 15.5 Å². The summed E-state index contributed by atoms with van der Waals surface area (Å²) < 4.78 is 2.28. The molecule has 1 aliphatic rings. The van der Waals surface area contributed by atoms with Crippen molar-refractivity contribution < 1.29 is 4.79 Å². The van der Waals surface area contributed by atoms with Crippen molar-refractivity contribution in [2.75, 3.05) is 29.9 Å². The molecule has 0 spiro atoms. The Balaban J connectivity index is 1.51. The Morgan fingerprint density at radius 2 is 1.70 bits per heavy atom. The van der Waals surface area contributed by atoms with Gasteiger partial charge in [0, 0.05) is 47.7 Å². The Hall–Kier alpha value is -4.17. The zero-order valence-corrected chi connectivity index (χ0v) is 24.3. The first kappa shape index (κ1) is 27.4. The number of carbonyl (C=O) groups excluding carboxylic acids is 1. The Kier molecular flexibility index (Phi) is 8.16. The highest BCUT2D eigenvalue weighted by molar-refractivity contribution is 7.80. The van der Waals surface area contributed by atoms with Crippen LogP contribution in [0.2, 0.25) is 0 Å². The van der Waals surface area contributed by atoms with E-state index in [4.69, 9.17) is 12.2 Å². The van der Waals surface area contributed by atoms with Crippen molar-refractivity contribution in [2.24, 2.45) is 0 Å². The van der Waals surface area contributed by atoms with Crippen molar-refractivity contribution in [1.29, 1.82) is 0 Å². The molecule has 1 aliphatic heterocycles. The van der Waals surface area contributed by atoms with Crippen LogP contribution in [0.1, 0.15) is 48.6 Å². The number of benzene rings is 2. The van der Waals surface area contributed by atoms with E-state index in [0.29, 0.717) is 5.11 Å². The Bertz CT molecular complexity index is 1460. The van der Waals surface area contributed by atoms with Crippen LogP contribution >= 0.6 is 12.2 Å². The fraction of sp³-hybridized carbons (Fsp3) is 0.281. The lowest BCUT2D eigenvalue weighted by Crippen LogP contribution is -2.37. The molecule has 0 bridgehead atoms. The van der Waals surface area contributed by atoms with Crippen molar-refractivity contribution in [1.82, 2.24) is 19.8 Å². The molecule has 0 unspecified atom stereocenters. The average Bonchev–Trinajstić information content (AvgIpc) is 3.45. The molecule has 1 amide bonds. The number of amides is 1. The number of rotatable bonds is 9. The van der Waals surface area contributed by atoms with Crippen LogP contribution in [0, 0.1) is 13.8 Å². The zero-order valence-electron chi connectivity index (χ0n) is 23.5. The van der Waals surface area contributed by atoms with Crippen LogP contribution in [-0.2, 0) is 4.79 Å². The van der Waals surface area contributed by atoms with Gasteiger partial charge < -0.3 is 25.0 Å². The smallest absolute Gasteiger partial charge is 0.244 e. The Morgan fingerprint density at radius 1 is 1.00 bits per heavy atom. The highest BCUT2D eigenvalue weighted by Gasteiger charge is 2.42. The maximum Gasteiger partial charge on any atom is 0.244 e. The van der Waals surface area contributed by atoms with Crippen LogP contribution in [0.4, 0.5) is 11.4 Å². The number of aryl methyl sites for hydroxylation is 1. The SMILES string of the molecule is CCN(CC)c1ccc(-n2c(C)cc([C@H]3[C@H](c4ccccn4)NC(=S)N3CC(=O)Nc3ccccc3)c2C)cc1. The molecular weight excluding hydrogens is 516 g/mol. The minimum Gasteiger partial charge on any atom is -0.372 e. The van der Waals surface area contributed by atoms with Gasteiger partial charge in [-0.15, -0.1) is 0 Å². The number of pyridine rings is 1. The van der Waals surface area contributed by atoms with E-state index in [1.807, 2.05) is 53.4 Å². The van der Waals surface area contributed by atoms with E-state index in [1.54, 1.807) is 6.20 Å². The molecule has 206 valence electrons. The summed E-state index contributed by atoms with van der Waals surface area (Å²) in [6.45, 7) is 10.7. The molecule has 40 heavy (non-hydrogen) atoms. The fourth-order valence-corrected chi connectivity index (χ4v) is 5.98. The molecule has 2 atom stereocenters. The lowest BCUT2D eigenvalue weighted by molar-refractivity contribution is -0.116. The number of para-hydroxylation sites is 1. The van der Waals surface area contributed by atoms with Gasteiger partial charge in [-0.05, 0) is 100 Å². The van der Waals surface area contributed by atoms with E-state index >= 15 is 0 Å². The van der Waals surface area contributed by atoms with E-state index in [1.165, 1.54) is 5.69 Å². The number of aromatic nitrogens is 2. The zero-order chi connectivity index (χ0) is 28.2. The van der Waals surface area contributed by atoms with Crippen molar-refractivity contribution >= 4 is 34.6 Å². The molecule has 2 N–H and O–H groups in total. The van der Waals surface area contributed by atoms with Gasteiger partial charge in [0.05, 0.1) is 17.8 Å². The van der Waals surface area contributed by atoms with Crippen molar-refractivity contribution in [3.8, 4) is 5.69 Å². The Morgan fingerprint density at radius 3 is 2.35 bits per heavy atom. The largest absolute Gasteiger partial charge is 0.372 e. The van der Waals surface area contributed by atoms with E-state index in [0.717, 1.165) is 47.1 Å². The second kappa shape index (κ2) is 11.9. The van der Waals surface area contributed by atoms with Crippen molar-refractivity contribution in [3.05, 3.63) is 108 Å². The van der Waals surface area contributed by atoms with E-state index < -0.39 is 0 Å². The van der Waals surface area contributed by atoms with Gasteiger partial charge in [0.1, 0.15) is 6.54 Å². The fourth-order valence-electron chi connectivity index (χ4n) is 5.68. The molecule has 8 heteroatoms. The lowest BCUT2D eigenvalue weighted by Gasteiger charge is -2.27. The van der Waals surface area contributed by atoms with Gasteiger partial charge in [0.2, 0.25) is 5.91 Å². The third-order valence-corrected chi connectivity index (χ3v) is 7.95. The number of hydrogen-bond acceptors (Lipinski definition) is 4. The predicted octanol–water partition coefficient (Wildman–Crippen LogP) is 5.95. The number of anilines is 2. The second-order valence-electron chi connectivity index (χ2n) is 10.0. The highest BCUT2D eigenvalue weighted by atomic mass is 32.1. The normalized spacial score (nSPS) is 16.6. The molecule has 0 radical (unpaired) electrons. The van der Waals surface area contributed by atoms with Gasteiger partial charge in [0.25, 0.3) is 0 Å². The summed E-state index contributed by atoms with van der Waals surface area (Å²) in [5.74, 6) is -0.122. The summed E-state index contributed by atoms with van der Waals surface area (Å²) in [6, 6.07) is 25.9. The minimum absolute atomic E-state index is 0.122. The summed E-state index contributed by atoms with van der Waals surface area (Å²) in [4.78, 5) is 22.2. The first-order valence-corrected chi connectivity index (χ1v) is 14.2. The van der Waals surface area contributed by atoms with Crippen LogP contribution in [-0.4, -0.2) is 45.1 Å². The minimum atomic E-state index is -0.209. The second-order valence-corrected chi connectivity index (χ2v) is 10.4. The van der Waals surface area contributed by atoms with Gasteiger partial charge >= 0.3 is 0 Å². The number of carbonyl (C=O) groups is 1. The molecule has 1 saturated heterocycles. The summed E-state index contributed by atoms with van der Waals surface area (Å²) in [7, 11) is 0. The lowest BCUT2D eigenvalue weighted by atomic mass is 9.96. The number of nitrogens with one attached hydrogen (secondary N) is 2. The average molecular weight is 553 g/mol. The van der Waals surface area contributed by atoms with Crippen LogP contribution in [0.15, 0.2) is 85.1 Å². The molecule has 2 aromatic heterocycles. The molecular formula is C32H36N6OS. The molecule has 0 aliphatic carbocycles. The monoisotopic (exact) mass is 552 g/mol. The number of hydrogen-bond donors (Lipinski definition) is 2. The molecule has 0 saturated carbocycles. The van der Waals surface area contributed by atoms with Crippen LogP contribution in [0.3, 0.4) is 0 Å². The molecule has 3 heterocycles. The summed E-state index contributed by atoms with van der Waals surface area (Å²) >= 11 is 5.81. The topological polar surface area (TPSA) is 65.4 Å². The molecule has 4 aromatic rings. The molecule has 1 fully saturated rings. The number of nitrogens with zero attached hydrogens (tertiary/aromatic N) is 4. The summed E-state index contributed by atoms with van der Waals surface area (Å²) in [5, 5.41) is 7.01. The van der Waals surface area contributed by atoms with E-state index in [9.17, 15) is 4.79 Å². The summed E-state index contributed by atoms with van der Waals surface area (Å²) in [6.07, 6.45) is 1.79. The molecule has 2 aromatic carbocycles. The predicted molar refractivity (Wildman–Crippen MR) is 166 cm³/mol. The maximum atomic E-state index is 13.2. The standard InChI is InChI=1S/C32H36N6OS/c1-5-36(6-2)25-15-17-26(18-16-25)38-22(3)20-27(23(38)4)31-30(28-14-10-11-19-33-28)35-32(40)37(31)21-29(39)34-24-12-8-7-9-13-24/h7-20,30-31H,5-6,21H2,1-4H3,(H,34,39)(H,35,40)/t30-,31-/m0/s1. The summed E-state index contributed by atoms with van der Waals surface area (Å²) in [5.41, 5.74) is 7.30. The van der Waals surface area contributed by atoms with Gasteiger partial charge in [-0.2, -0.15) is 0 Å². The molecule has 5 rings (SSSR count). The van der Waals surface area contributed by atoms with E-state index in [2.05, 4.69) is 83.1 Å². The Labute approximate surface area is 241 Å². The first-order valence-electron chi connectivity index (χ1n) is 13.8. The first-order chi connectivity index (χ1) is 19.4. The molecule has 7 nitrogen and oxygen atoms in total. The third kappa shape index (κ3) is 5.45.